The van der Waals surface area contributed by atoms with Crippen LogP contribution in [0.15, 0.2) is 36.5 Å². The molecule has 0 heterocycles. The van der Waals surface area contributed by atoms with E-state index >= 15 is 0 Å². The van der Waals surface area contributed by atoms with E-state index in [0.29, 0.717) is 24.1 Å². The number of phosphoric ester groups is 1. The number of likely N-dealkylation sites (N-methyl/N-ethyl adjacent to an activating group) is 1. The highest BCUT2D eigenvalue weighted by molar-refractivity contribution is 7.47. The lowest BCUT2D eigenvalue weighted by Crippen LogP contribution is -2.37. The van der Waals surface area contributed by atoms with Crippen LogP contribution in [0.4, 0.5) is 0 Å². The van der Waals surface area contributed by atoms with Crippen molar-refractivity contribution in [2.24, 2.45) is 0 Å². The van der Waals surface area contributed by atoms with Gasteiger partial charge in [-0.1, -0.05) is 198 Å². The number of esters is 1. The fraction of sp³-hybridized carbons (Fsp3) is 0.868. The molecule has 0 saturated carbocycles. The first-order chi connectivity index (χ1) is 30.1. The predicted molar refractivity (Wildman–Crippen MR) is 266 cm³/mol. The first kappa shape index (κ1) is 60.7. The molecule has 0 aromatic rings. The minimum Gasteiger partial charge on any atom is -0.457 e. The average molecular weight is 897 g/mol. The summed E-state index contributed by atoms with van der Waals surface area (Å²) in [5.41, 5.74) is 0. The van der Waals surface area contributed by atoms with E-state index in [4.69, 9.17) is 18.5 Å². The van der Waals surface area contributed by atoms with Crippen molar-refractivity contribution in [2.75, 3.05) is 54.1 Å². The summed E-state index contributed by atoms with van der Waals surface area (Å²) in [6.07, 6.45) is 56.2. The second-order valence-electron chi connectivity index (χ2n) is 18.9. The van der Waals surface area contributed by atoms with Gasteiger partial charge in [0.05, 0.1) is 34.4 Å². The molecule has 0 aliphatic rings. The van der Waals surface area contributed by atoms with Crippen LogP contribution in [-0.4, -0.2) is 75.6 Å². The zero-order valence-electron chi connectivity index (χ0n) is 41.6. The minimum atomic E-state index is -4.28. The van der Waals surface area contributed by atoms with Gasteiger partial charge in [-0.05, 0) is 70.6 Å². The van der Waals surface area contributed by atoms with Gasteiger partial charge in [-0.2, -0.15) is 0 Å². The fourth-order valence-electron chi connectivity index (χ4n) is 7.34. The van der Waals surface area contributed by atoms with Gasteiger partial charge in [0.15, 0.2) is 0 Å². The summed E-state index contributed by atoms with van der Waals surface area (Å²) in [4.78, 5) is 23.0. The van der Waals surface area contributed by atoms with Crippen LogP contribution in [-0.2, 0) is 27.9 Å². The van der Waals surface area contributed by atoms with Crippen molar-refractivity contribution < 1.29 is 37.3 Å². The monoisotopic (exact) mass is 897 g/mol. The van der Waals surface area contributed by atoms with E-state index in [1.54, 1.807) is 0 Å². The molecular formula is C53H103NO7P+. The molecule has 8 nitrogen and oxygen atoms in total. The van der Waals surface area contributed by atoms with Gasteiger partial charge in [-0.15, -0.1) is 0 Å². The maximum absolute atomic E-state index is 12.8. The van der Waals surface area contributed by atoms with Gasteiger partial charge in [0.25, 0.3) is 0 Å². The van der Waals surface area contributed by atoms with Crippen LogP contribution in [0.2, 0.25) is 0 Å². The zero-order valence-corrected chi connectivity index (χ0v) is 42.5. The molecule has 0 saturated heterocycles. The highest BCUT2D eigenvalue weighted by atomic mass is 31.2. The number of rotatable bonds is 49. The van der Waals surface area contributed by atoms with Crippen LogP contribution < -0.4 is 0 Å². The molecule has 0 aromatic heterocycles. The highest BCUT2D eigenvalue weighted by Gasteiger charge is 2.26. The molecule has 0 aromatic carbocycles. The molecule has 2 atom stereocenters. The summed E-state index contributed by atoms with van der Waals surface area (Å²) < 4.78 is 35.2. The quantitative estimate of drug-likeness (QED) is 0.0214. The second-order valence-corrected chi connectivity index (χ2v) is 20.4. The Bertz CT molecular complexity index is 1090. The van der Waals surface area contributed by atoms with Gasteiger partial charge in [-0.3, -0.25) is 13.8 Å². The number of hydrogen-bond donors (Lipinski definition) is 1. The molecule has 0 aliphatic heterocycles. The van der Waals surface area contributed by atoms with Crippen molar-refractivity contribution in [3.05, 3.63) is 36.5 Å². The van der Waals surface area contributed by atoms with Crippen molar-refractivity contribution in [3.8, 4) is 0 Å². The van der Waals surface area contributed by atoms with E-state index in [-0.39, 0.29) is 25.8 Å². The van der Waals surface area contributed by atoms with E-state index in [0.717, 1.165) is 44.9 Å². The topological polar surface area (TPSA) is 91.3 Å². The molecule has 0 amide bonds. The number of carbonyl (C=O) groups excluding carboxylic acids is 1. The number of ether oxygens (including phenoxy) is 2. The van der Waals surface area contributed by atoms with Crippen LogP contribution >= 0.6 is 7.82 Å². The summed E-state index contributed by atoms with van der Waals surface area (Å²) in [6.45, 7) is 5.63. The van der Waals surface area contributed by atoms with E-state index < -0.39 is 13.9 Å². The largest absolute Gasteiger partial charge is 0.472 e. The van der Waals surface area contributed by atoms with E-state index in [1.807, 2.05) is 21.1 Å². The lowest BCUT2D eigenvalue weighted by Gasteiger charge is -2.24. The van der Waals surface area contributed by atoms with Crippen LogP contribution in [0.25, 0.3) is 0 Å². The first-order valence-electron chi connectivity index (χ1n) is 26.2. The number of hydrogen-bond acceptors (Lipinski definition) is 6. The molecule has 62 heavy (non-hydrogen) atoms. The molecule has 0 spiro atoms. The van der Waals surface area contributed by atoms with Gasteiger partial charge in [0, 0.05) is 13.0 Å². The summed E-state index contributed by atoms with van der Waals surface area (Å²) in [6, 6.07) is 0. The van der Waals surface area contributed by atoms with Gasteiger partial charge < -0.3 is 18.9 Å². The summed E-state index contributed by atoms with van der Waals surface area (Å²) in [5.74, 6) is -0.319. The molecule has 1 N–H and O–H groups in total. The molecular weight excluding hydrogens is 794 g/mol. The maximum Gasteiger partial charge on any atom is 0.472 e. The van der Waals surface area contributed by atoms with E-state index in [1.165, 1.54) is 173 Å². The fourth-order valence-corrected chi connectivity index (χ4v) is 8.09. The summed E-state index contributed by atoms with van der Waals surface area (Å²) in [5, 5.41) is 0. The lowest BCUT2D eigenvalue weighted by atomic mass is 10.1. The van der Waals surface area contributed by atoms with Crippen molar-refractivity contribution in [1.29, 1.82) is 0 Å². The Hall–Kier alpha value is -1.28. The van der Waals surface area contributed by atoms with Crippen LogP contribution in [0.1, 0.15) is 239 Å². The standard InChI is InChI=1S/C53H102NO7P/c1-6-8-10-12-14-16-18-20-22-24-26-27-28-29-31-33-35-37-39-41-43-45-48-58-50-52(51-60-62(56,57)59-49-47-54(3,4)5)61-53(55)46-44-42-40-38-36-34-32-30-25-23-21-19-17-15-13-11-9-7-2/h17,19,23-26,52H,6-16,18,20-22,27-51H2,1-5H3/p+1/b19-17-,25-23-,26-24-. The van der Waals surface area contributed by atoms with Crippen LogP contribution in [0.3, 0.4) is 0 Å². The Morgan fingerprint density at radius 3 is 1.34 bits per heavy atom. The van der Waals surface area contributed by atoms with Crippen molar-refractivity contribution in [3.63, 3.8) is 0 Å². The van der Waals surface area contributed by atoms with Crippen LogP contribution in [0, 0.1) is 0 Å². The number of nitrogens with zero attached hydrogens (tertiary/aromatic N) is 1. The summed E-state index contributed by atoms with van der Waals surface area (Å²) >= 11 is 0. The van der Waals surface area contributed by atoms with Crippen LogP contribution in [0.5, 0.6) is 0 Å². The molecule has 366 valence electrons. The Morgan fingerprint density at radius 2 is 0.887 bits per heavy atom. The Balaban J connectivity index is 4.13. The third kappa shape index (κ3) is 49.7. The third-order valence-corrected chi connectivity index (χ3v) is 12.4. The Kier molecular flexibility index (Phi) is 45.3. The SMILES string of the molecule is CCCCCC/C=C\C/C=C\CCCCCCCCCC(=O)OC(COCCCCCCCCCCCC/C=C\CCCCCCCCCC)COP(=O)(O)OCC[N+](C)(C)C. The number of unbranched alkanes of at least 4 members (excludes halogenated alkanes) is 29. The highest BCUT2D eigenvalue weighted by Crippen LogP contribution is 2.43. The van der Waals surface area contributed by atoms with Gasteiger partial charge >= 0.3 is 13.8 Å². The summed E-state index contributed by atoms with van der Waals surface area (Å²) in [7, 11) is 1.67. The van der Waals surface area contributed by atoms with Crippen molar-refractivity contribution in [2.45, 2.75) is 245 Å². The number of quaternary nitrogens is 1. The van der Waals surface area contributed by atoms with E-state index in [9.17, 15) is 14.3 Å². The smallest absolute Gasteiger partial charge is 0.457 e. The predicted octanol–water partition coefficient (Wildman–Crippen LogP) is 16.1. The van der Waals surface area contributed by atoms with Crippen molar-refractivity contribution in [1.82, 2.24) is 0 Å². The van der Waals surface area contributed by atoms with Crippen molar-refractivity contribution >= 4 is 13.8 Å². The molecule has 2 unspecified atom stereocenters. The molecule has 0 aliphatic carbocycles. The number of carbonyl (C=O) groups is 1. The Morgan fingerprint density at radius 1 is 0.500 bits per heavy atom. The van der Waals surface area contributed by atoms with Gasteiger partial charge in [-0.25, -0.2) is 4.57 Å². The van der Waals surface area contributed by atoms with E-state index in [2.05, 4.69) is 50.3 Å². The van der Waals surface area contributed by atoms with Gasteiger partial charge in [0.2, 0.25) is 0 Å². The molecule has 0 bridgehead atoms. The Labute approximate surface area is 385 Å². The third-order valence-electron chi connectivity index (χ3n) is 11.4. The number of phosphoric acid groups is 1. The molecule has 9 heteroatoms. The maximum atomic E-state index is 12.8. The zero-order chi connectivity index (χ0) is 45.5. The minimum absolute atomic E-state index is 0.0871. The number of allylic oxidation sites excluding steroid dienone is 6. The lowest BCUT2D eigenvalue weighted by molar-refractivity contribution is -0.870. The normalized spacial score (nSPS) is 13.8. The second kappa shape index (κ2) is 46.3. The first-order valence-corrected chi connectivity index (χ1v) is 27.7. The van der Waals surface area contributed by atoms with Gasteiger partial charge in [0.1, 0.15) is 19.3 Å². The molecule has 0 fully saturated rings. The average Bonchev–Trinajstić information content (AvgIpc) is 3.23. The molecule has 0 rings (SSSR count). The molecule has 0 radical (unpaired) electrons.